The van der Waals surface area contributed by atoms with E-state index in [1.54, 1.807) is 0 Å². The monoisotopic (exact) mass is 297 g/mol. The van der Waals surface area contributed by atoms with Crippen LogP contribution in [0.15, 0.2) is 18.2 Å². The highest BCUT2D eigenvalue weighted by Gasteiger charge is 2.21. The number of carbonyl (C=O) groups is 2. The van der Waals surface area contributed by atoms with Gasteiger partial charge in [-0.15, -0.1) is 0 Å². The van der Waals surface area contributed by atoms with Crippen LogP contribution in [0.4, 0.5) is 8.78 Å². The van der Waals surface area contributed by atoms with Crippen LogP contribution in [-0.2, 0) is 9.53 Å². The maximum absolute atomic E-state index is 13.4. The number of ether oxygens (including phenoxy) is 1. The molecule has 0 saturated heterocycles. The lowest BCUT2D eigenvalue weighted by Gasteiger charge is -2.22. The van der Waals surface area contributed by atoms with Crippen molar-refractivity contribution < 1.29 is 23.1 Å². The summed E-state index contributed by atoms with van der Waals surface area (Å²) in [7, 11) is 0. The van der Waals surface area contributed by atoms with E-state index < -0.39 is 35.7 Å². The van der Waals surface area contributed by atoms with Crippen molar-refractivity contribution in [3.05, 3.63) is 35.4 Å². The summed E-state index contributed by atoms with van der Waals surface area (Å²) in [6.45, 7) is -0.539. The van der Waals surface area contributed by atoms with Crippen LogP contribution in [-0.4, -0.2) is 24.5 Å². The van der Waals surface area contributed by atoms with Gasteiger partial charge in [0.2, 0.25) is 0 Å². The zero-order valence-electron chi connectivity index (χ0n) is 11.5. The minimum absolute atomic E-state index is 0.0927. The Balaban J connectivity index is 1.84. The van der Waals surface area contributed by atoms with Crippen molar-refractivity contribution in [1.82, 2.24) is 5.32 Å². The molecule has 4 nitrogen and oxygen atoms in total. The first-order valence-corrected chi connectivity index (χ1v) is 6.98. The number of hydrogen-bond donors (Lipinski definition) is 1. The van der Waals surface area contributed by atoms with E-state index in [2.05, 4.69) is 10.1 Å². The van der Waals surface area contributed by atoms with Crippen LogP contribution >= 0.6 is 0 Å². The van der Waals surface area contributed by atoms with E-state index in [9.17, 15) is 18.4 Å². The average molecular weight is 297 g/mol. The lowest BCUT2D eigenvalue weighted by molar-refractivity contribution is -0.125. The first-order valence-electron chi connectivity index (χ1n) is 6.98. The van der Waals surface area contributed by atoms with Crippen molar-refractivity contribution in [1.29, 1.82) is 0 Å². The van der Waals surface area contributed by atoms with Crippen LogP contribution in [0.25, 0.3) is 0 Å². The van der Waals surface area contributed by atoms with Crippen molar-refractivity contribution in [2.45, 2.75) is 38.1 Å². The van der Waals surface area contributed by atoms with Gasteiger partial charge in [-0.25, -0.2) is 13.6 Å². The molecule has 0 unspecified atom stereocenters. The minimum atomic E-state index is -1.18. The van der Waals surface area contributed by atoms with Gasteiger partial charge in [0.15, 0.2) is 6.61 Å². The molecule has 0 atom stereocenters. The Hall–Kier alpha value is -1.98. The topological polar surface area (TPSA) is 55.4 Å². The summed E-state index contributed by atoms with van der Waals surface area (Å²) in [4.78, 5) is 23.2. The number of nitrogens with one attached hydrogen (secondary N) is 1. The summed E-state index contributed by atoms with van der Waals surface area (Å²) < 4.78 is 31.4. The summed E-state index contributed by atoms with van der Waals surface area (Å²) in [6.07, 6.45) is 5.09. The van der Waals surface area contributed by atoms with E-state index in [0.29, 0.717) is 0 Å². The molecule has 1 N–H and O–H groups in total. The van der Waals surface area contributed by atoms with E-state index in [1.807, 2.05) is 0 Å². The summed E-state index contributed by atoms with van der Waals surface area (Å²) in [6, 6.07) is 3.16. The Labute approximate surface area is 121 Å². The zero-order chi connectivity index (χ0) is 15.2. The van der Waals surface area contributed by atoms with E-state index in [0.717, 1.165) is 50.3 Å². The second kappa shape index (κ2) is 7.15. The Bertz CT molecular complexity index is 507. The third kappa shape index (κ3) is 4.24. The molecule has 1 aromatic carbocycles. The molecule has 1 aromatic rings. The number of rotatable bonds is 4. The second-order valence-corrected chi connectivity index (χ2v) is 5.08. The van der Waals surface area contributed by atoms with Gasteiger partial charge >= 0.3 is 5.97 Å². The average Bonchev–Trinajstić information content (AvgIpc) is 2.46. The van der Waals surface area contributed by atoms with Gasteiger partial charge in [0.25, 0.3) is 5.91 Å². The number of halogens is 2. The molecule has 0 spiro atoms. The predicted molar refractivity (Wildman–Crippen MR) is 71.7 cm³/mol. The van der Waals surface area contributed by atoms with Crippen LogP contribution in [0.1, 0.15) is 42.5 Å². The van der Waals surface area contributed by atoms with E-state index >= 15 is 0 Å². The molecule has 21 heavy (non-hydrogen) atoms. The molecule has 2 rings (SSSR count). The quantitative estimate of drug-likeness (QED) is 0.869. The number of carbonyl (C=O) groups excluding carboxylic acids is 2. The number of benzene rings is 1. The molecular weight excluding hydrogens is 280 g/mol. The zero-order valence-corrected chi connectivity index (χ0v) is 11.5. The fraction of sp³-hybridized carbons (Fsp3) is 0.467. The maximum Gasteiger partial charge on any atom is 0.344 e. The normalized spacial score (nSPS) is 15.5. The summed E-state index contributed by atoms with van der Waals surface area (Å²) in [5, 5.41) is 2.75. The van der Waals surface area contributed by atoms with Gasteiger partial charge in [0.1, 0.15) is 17.2 Å². The van der Waals surface area contributed by atoms with Gasteiger partial charge in [-0.1, -0.05) is 25.3 Å². The van der Waals surface area contributed by atoms with Crippen molar-refractivity contribution in [3.8, 4) is 0 Å². The Morgan fingerprint density at radius 1 is 1.14 bits per heavy atom. The van der Waals surface area contributed by atoms with Crippen LogP contribution < -0.4 is 5.32 Å². The third-order valence-corrected chi connectivity index (χ3v) is 3.47. The van der Waals surface area contributed by atoms with Gasteiger partial charge in [-0.05, 0) is 25.0 Å². The Morgan fingerprint density at radius 3 is 2.38 bits per heavy atom. The smallest absolute Gasteiger partial charge is 0.344 e. The molecule has 0 aromatic heterocycles. The lowest BCUT2D eigenvalue weighted by atomic mass is 9.95. The van der Waals surface area contributed by atoms with Gasteiger partial charge < -0.3 is 10.1 Å². The molecule has 6 heteroatoms. The molecule has 1 saturated carbocycles. The molecule has 0 aliphatic heterocycles. The molecule has 0 heterocycles. The lowest BCUT2D eigenvalue weighted by Crippen LogP contribution is -2.38. The highest BCUT2D eigenvalue weighted by Crippen LogP contribution is 2.17. The van der Waals surface area contributed by atoms with Crippen molar-refractivity contribution in [3.63, 3.8) is 0 Å². The van der Waals surface area contributed by atoms with Crippen molar-refractivity contribution in [2.75, 3.05) is 6.61 Å². The highest BCUT2D eigenvalue weighted by atomic mass is 19.1. The van der Waals surface area contributed by atoms with Gasteiger partial charge in [-0.2, -0.15) is 0 Å². The standard InChI is InChI=1S/C15H17F2NO3/c16-11-7-4-8-12(17)14(11)15(20)21-9-13(19)18-10-5-2-1-3-6-10/h4,7-8,10H,1-3,5-6,9H2,(H,18,19). The highest BCUT2D eigenvalue weighted by molar-refractivity contribution is 5.91. The van der Waals surface area contributed by atoms with Gasteiger partial charge in [0.05, 0.1) is 0 Å². The van der Waals surface area contributed by atoms with E-state index in [-0.39, 0.29) is 6.04 Å². The fourth-order valence-electron chi connectivity index (χ4n) is 2.41. The van der Waals surface area contributed by atoms with Crippen molar-refractivity contribution in [2.24, 2.45) is 0 Å². The maximum atomic E-state index is 13.4. The molecular formula is C15H17F2NO3. The van der Waals surface area contributed by atoms with Gasteiger partial charge in [-0.3, -0.25) is 4.79 Å². The van der Waals surface area contributed by atoms with Crippen molar-refractivity contribution >= 4 is 11.9 Å². The van der Waals surface area contributed by atoms with Crippen LogP contribution in [0, 0.1) is 11.6 Å². The predicted octanol–water partition coefficient (Wildman–Crippen LogP) is 2.57. The number of hydrogen-bond acceptors (Lipinski definition) is 3. The molecule has 0 radical (unpaired) electrons. The first-order chi connectivity index (χ1) is 10.1. The van der Waals surface area contributed by atoms with Crippen LogP contribution in [0.2, 0.25) is 0 Å². The summed E-state index contributed by atoms with van der Waals surface area (Å²) >= 11 is 0. The third-order valence-electron chi connectivity index (χ3n) is 3.47. The molecule has 1 amide bonds. The van der Waals surface area contributed by atoms with E-state index in [4.69, 9.17) is 0 Å². The van der Waals surface area contributed by atoms with Crippen LogP contribution in [0.3, 0.4) is 0 Å². The van der Waals surface area contributed by atoms with Crippen LogP contribution in [0.5, 0.6) is 0 Å². The number of amides is 1. The Morgan fingerprint density at radius 2 is 1.76 bits per heavy atom. The molecule has 114 valence electrons. The molecule has 1 aliphatic rings. The SMILES string of the molecule is O=C(COC(=O)c1c(F)cccc1F)NC1CCCCC1. The first kappa shape index (κ1) is 15.4. The summed E-state index contributed by atoms with van der Waals surface area (Å²) in [5.41, 5.74) is -0.775. The van der Waals surface area contributed by atoms with E-state index in [1.165, 1.54) is 0 Å². The molecule has 1 aliphatic carbocycles. The molecule has 1 fully saturated rings. The number of esters is 1. The largest absolute Gasteiger partial charge is 0.452 e. The second-order valence-electron chi connectivity index (χ2n) is 5.08. The minimum Gasteiger partial charge on any atom is -0.452 e. The van der Waals surface area contributed by atoms with Gasteiger partial charge in [0, 0.05) is 6.04 Å². The fourth-order valence-corrected chi connectivity index (χ4v) is 2.41. The summed E-state index contributed by atoms with van der Waals surface area (Å²) in [5.74, 6) is -3.64. The molecule has 0 bridgehead atoms. The Kier molecular flexibility index (Phi) is 5.25.